The first-order valence-electron chi connectivity index (χ1n) is 10.1. The quantitative estimate of drug-likeness (QED) is 0.828. The van der Waals surface area contributed by atoms with Gasteiger partial charge in [-0.2, -0.15) is 0 Å². The number of aryl methyl sites for hydroxylation is 1. The number of carbonyl (C=O) groups excluding carboxylic acids is 1. The molecule has 136 valence electrons. The number of nitrogens with one attached hydrogen (secondary N) is 1. The molecule has 1 N–H and O–H groups in total. The topological polar surface area (TPSA) is 42.2 Å². The van der Waals surface area contributed by atoms with Gasteiger partial charge in [-0.05, 0) is 68.4 Å². The summed E-state index contributed by atoms with van der Waals surface area (Å²) >= 11 is 0. The Kier molecular flexibility index (Phi) is 3.91. The first kappa shape index (κ1) is 16.2. The zero-order chi connectivity index (χ0) is 17.6. The molecule has 4 fully saturated rings. The summed E-state index contributed by atoms with van der Waals surface area (Å²) in [6, 6.07) is 14.1. The van der Waals surface area contributed by atoms with Gasteiger partial charge in [0.2, 0.25) is 5.91 Å². The van der Waals surface area contributed by atoms with Gasteiger partial charge in [-0.25, -0.2) is 0 Å². The second-order valence-electron chi connectivity index (χ2n) is 8.88. The second-order valence-corrected chi connectivity index (χ2v) is 8.88. The summed E-state index contributed by atoms with van der Waals surface area (Å²) in [5.74, 6) is 4.55. The van der Waals surface area contributed by atoms with Crippen molar-refractivity contribution >= 4 is 5.91 Å². The van der Waals surface area contributed by atoms with Crippen LogP contribution in [0.2, 0.25) is 0 Å². The molecule has 3 nitrogen and oxygen atoms in total. The molecule has 4 aliphatic carbocycles. The number of hydrogen-bond donors (Lipinski definition) is 1. The Bertz CT molecular complexity index is 756. The Hall–Kier alpha value is -2.03. The van der Waals surface area contributed by atoms with E-state index >= 15 is 0 Å². The van der Waals surface area contributed by atoms with Crippen LogP contribution < -0.4 is 5.32 Å². The summed E-state index contributed by atoms with van der Waals surface area (Å²) < 4.78 is 5.93. The molecule has 0 radical (unpaired) electrons. The van der Waals surface area contributed by atoms with Gasteiger partial charge >= 0.3 is 0 Å². The number of benzene rings is 1. The lowest BCUT2D eigenvalue weighted by Crippen LogP contribution is -2.59. The molecule has 0 unspecified atom stereocenters. The Balaban J connectivity index is 1.19. The predicted molar refractivity (Wildman–Crippen MR) is 102 cm³/mol. The van der Waals surface area contributed by atoms with Crippen molar-refractivity contribution in [3.63, 3.8) is 0 Å². The molecular weight excluding hydrogens is 322 g/mol. The molecular formula is C23H27NO2. The van der Waals surface area contributed by atoms with Crippen LogP contribution in [0.25, 0.3) is 11.3 Å². The maximum atomic E-state index is 12.6. The number of amides is 1. The van der Waals surface area contributed by atoms with E-state index in [1.165, 1.54) is 38.5 Å². The standard InChI is InChI=1S/C23H27NO2/c25-22(24-23-13-16-10-17(14-23)12-18(11-16)15-23)9-7-20-6-8-21(26-20)19-4-2-1-3-5-19/h1-6,8,16-18H,7,9-15H2,(H,24,25). The van der Waals surface area contributed by atoms with Crippen molar-refractivity contribution in [2.75, 3.05) is 0 Å². The van der Waals surface area contributed by atoms with E-state index in [1.54, 1.807) is 0 Å². The molecule has 0 aliphatic heterocycles. The molecule has 0 saturated heterocycles. The lowest BCUT2D eigenvalue weighted by Gasteiger charge is -2.56. The van der Waals surface area contributed by atoms with E-state index in [0.717, 1.165) is 34.8 Å². The minimum absolute atomic E-state index is 0.115. The third-order valence-corrected chi connectivity index (χ3v) is 6.76. The predicted octanol–water partition coefficient (Wildman–Crippen LogP) is 4.96. The van der Waals surface area contributed by atoms with E-state index in [9.17, 15) is 4.79 Å². The molecule has 1 heterocycles. The minimum Gasteiger partial charge on any atom is -0.461 e. The summed E-state index contributed by atoms with van der Waals surface area (Å²) in [6.07, 6.45) is 9.04. The number of furan rings is 1. The van der Waals surface area contributed by atoms with Gasteiger partial charge in [0.1, 0.15) is 11.5 Å². The van der Waals surface area contributed by atoms with Crippen LogP contribution >= 0.6 is 0 Å². The van der Waals surface area contributed by atoms with Gasteiger partial charge in [0.25, 0.3) is 0 Å². The van der Waals surface area contributed by atoms with Crippen molar-refractivity contribution in [3.8, 4) is 11.3 Å². The molecule has 1 aromatic heterocycles. The molecule has 4 bridgehead atoms. The molecule has 4 aliphatic rings. The largest absolute Gasteiger partial charge is 0.461 e. The highest BCUT2D eigenvalue weighted by Gasteiger charge is 2.51. The number of hydrogen-bond acceptors (Lipinski definition) is 2. The number of rotatable bonds is 5. The van der Waals surface area contributed by atoms with E-state index < -0.39 is 0 Å². The average molecular weight is 349 g/mol. The highest BCUT2D eigenvalue weighted by atomic mass is 16.3. The minimum atomic E-state index is 0.115. The van der Waals surface area contributed by atoms with E-state index in [-0.39, 0.29) is 11.4 Å². The SMILES string of the molecule is O=C(CCc1ccc(-c2ccccc2)o1)NC12CC3CC(CC(C3)C1)C2. The van der Waals surface area contributed by atoms with Gasteiger partial charge in [-0.3, -0.25) is 4.79 Å². The van der Waals surface area contributed by atoms with Crippen molar-refractivity contribution in [1.82, 2.24) is 5.32 Å². The van der Waals surface area contributed by atoms with Crippen LogP contribution in [-0.2, 0) is 11.2 Å². The van der Waals surface area contributed by atoms with E-state index in [1.807, 2.05) is 42.5 Å². The highest BCUT2D eigenvalue weighted by Crippen LogP contribution is 2.55. The maximum absolute atomic E-state index is 12.6. The van der Waals surface area contributed by atoms with Gasteiger partial charge in [0.15, 0.2) is 0 Å². The Labute approximate surface area is 155 Å². The molecule has 0 spiro atoms. The molecule has 1 amide bonds. The van der Waals surface area contributed by atoms with Crippen LogP contribution in [0.15, 0.2) is 46.9 Å². The number of carbonyl (C=O) groups is 1. The summed E-state index contributed by atoms with van der Waals surface area (Å²) in [5.41, 5.74) is 1.20. The van der Waals surface area contributed by atoms with Crippen LogP contribution in [0.5, 0.6) is 0 Å². The monoisotopic (exact) mass is 349 g/mol. The first-order valence-corrected chi connectivity index (χ1v) is 10.1. The molecule has 4 saturated carbocycles. The molecule has 0 atom stereocenters. The van der Waals surface area contributed by atoms with E-state index in [2.05, 4.69) is 5.32 Å². The first-order chi connectivity index (χ1) is 12.7. The van der Waals surface area contributed by atoms with Crippen LogP contribution in [0.3, 0.4) is 0 Å². The molecule has 26 heavy (non-hydrogen) atoms. The van der Waals surface area contributed by atoms with Crippen LogP contribution in [0.1, 0.15) is 50.7 Å². The van der Waals surface area contributed by atoms with Gasteiger partial charge in [-0.1, -0.05) is 30.3 Å². The maximum Gasteiger partial charge on any atom is 0.220 e. The van der Waals surface area contributed by atoms with Gasteiger partial charge in [-0.15, -0.1) is 0 Å². The van der Waals surface area contributed by atoms with Crippen LogP contribution in [-0.4, -0.2) is 11.4 Å². The van der Waals surface area contributed by atoms with Gasteiger partial charge in [0.05, 0.1) is 0 Å². The van der Waals surface area contributed by atoms with Crippen molar-refractivity contribution in [2.24, 2.45) is 17.8 Å². The van der Waals surface area contributed by atoms with Crippen molar-refractivity contribution in [2.45, 2.75) is 56.9 Å². The molecule has 3 heteroatoms. The normalized spacial score (nSPS) is 31.9. The van der Waals surface area contributed by atoms with Crippen molar-refractivity contribution in [1.29, 1.82) is 0 Å². The average Bonchev–Trinajstić information content (AvgIpc) is 3.08. The summed E-state index contributed by atoms with van der Waals surface area (Å²) in [6.45, 7) is 0. The third-order valence-electron chi connectivity index (χ3n) is 6.76. The van der Waals surface area contributed by atoms with E-state index in [0.29, 0.717) is 12.8 Å². The smallest absolute Gasteiger partial charge is 0.220 e. The van der Waals surface area contributed by atoms with Gasteiger partial charge in [0, 0.05) is 23.9 Å². The summed E-state index contributed by atoms with van der Waals surface area (Å²) in [7, 11) is 0. The lowest BCUT2D eigenvalue weighted by atomic mass is 9.53. The van der Waals surface area contributed by atoms with Crippen LogP contribution in [0, 0.1) is 17.8 Å². The highest BCUT2D eigenvalue weighted by molar-refractivity contribution is 5.77. The zero-order valence-corrected chi connectivity index (χ0v) is 15.2. The Morgan fingerprint density at radius 3 is 2.27 bits per heavy atom. The Morgan fingerprint density at radius 2 is 1.62 bits per heavy atom. The fourth-order valence-electron chi connectivity index (χ4n) is 6.13. The lowest BCUT2D eigenvalue weighted by molar-refractivity contribution is -0.126. The Morgan fingerprint density at radius 1 is 0.962 bits per heavy atom. The van der Waals surface area contributed by atoms with Crippen molar-refractivity contribution < 1.29 is 9.21 Å². The molecule has 6 rings (SSSR count). The third kappa shape index (κ3) is 3.08. The fraction of sp³-hybridized carbons (Fsp3) is 0.522. The second kappa shape index (κ2) is 6.29. The summed E-state index contributed by atoms with van der Waals surface area (Å²) in [4.78, 5) is 12.6. The fourth-order valence-corrected chi connectivity index (χ4v) is 6.13. The van der Waals surface area contributed by atoms with Crippen LogP contribution in [0.4, 0.5) is 0 Å². The zero-order valence-electron chi connectivity index (χ0n) is 15.2. The molecule has 1 aromatic carbocycles. The molecule has 2 aromatic rings. The van der Waals surface area contributed by atoms with Gasteiger partial charge < -0.3 is 9.73 Å². The summed E-state index contributed by atoms with van der Waals surface area (Å²) in [5, 5.41) is 3.45. The van der Waals surface area contributed by atoms with Crippen molar-refractivity contribution in [3.05, 3.63) is 48.2 Å². The van der Waals surface area contributed by atoms with E-state index in [4.69, 9.17) is 4.42 Å².